The number of hydrogen-bond acceptors (Lipinski definition) is 9. The van der Waals surface area contributed by atoms with Gasteiger partial charge in [-0.3, -0.25) is 14.4 Å². The molecule has 3 fully saturated rings. The molecular formula is C58H58N8O7. The monoisotopic (exact) mass is 978 g/mol. The van der Waals surface area contributed by atoms with E-state index in [4.69, 9.17) is 19.4 Å². The van der Waals surface area contributed by atoms with Crippen molar-refractivity contribution in [1.29, 1.82) is 0 Å². The molecule has 5 aromatic carbocycles. The minimum atomic E-state index is -0.967. The van der Waals surface area contributed by atoms with Crippen LogP contribution < -0.4 is 16.2 Å². The Hall–Kier alpha value is -8.07. The Labute approximate surface area is 422 Å². The van der Waals surface area contributed by atoms with Gasteiger partial charge in [-0.15, -0.1) is 0 Å². The molecule has 4 atom stereocenters. The smallest absolute Gasteiger partial charge is 0.407 e. The molecule has 4 aliphatic rings. The van der Waals surface area contributed by atoms with Crippen LogP contribution in [0.15, 0.2) is 126 Å². The van der Waals surface area contributed by atoms with Crippen LogP contribution in [0.5, 0.6) is 0 Å². The van der Waals surface area contributed by atoms with Crippen molar-refractivity contribution in [3.05, 3.63) is 166 Å². The van der Waals surface area contributed by atoms with Crippen molar-refractivity contribution < 1.29 is 28.7 Å². The van der Waals surface area contributed by atoms with Gasteiger partial charge in [-0.1, -0.05) is 116 Å². The van der Waals surface area contributed by atoms with Crippen LogP contribution in [0.4, 0.5) is 9.59 Å². The second-order valence-corrected chi connectivity index (χ2v) is 20.0. The maximum Gasteiger partial charge on any atom is 0.407 e. The summed E-state index contributed by atoms with van der Waals surface area (Å²) >= 11 is 0. The van der Waals surface area contributed by atoms with E-state index in [0.29, 0.717) is 53.2 Å². The lowest BCUT2D eigenvalue weighted by Gasteiger charge is -2.29. The van der Waals surface area contributed by atoms with Gasteiger partial charge in [-0.2, -0.15) is 0 Å². The Kier molecular flexibility index (Phi) is 12.9. The fourth-order valence-electron chi connectivity index (χ4n) is 12.1. The van der Waals surface area contributed by atoms with Crippen LogP contribution in [-0.2, 0) is 31.9 Å². The highest BCUT2D eigenvalue weighted by Crippen LogP contribution is 2.53. The predicted molar refractivity (Wildman–Crippen MR) is 276 cm³/mol. The molecule has 1 unspecified atom stereocenters. The molecule has 15 nitrogen and oxygen atoms in total. The van der Waals surface area contributed by atoms with E-state index in [1.54, 1.807) is 21.9 Å². The molecule has 372 valence electrons. The molecule has 2 aliphatic heterocycles. The molecule has 7 aromatic rings. The number of hydrogen-bond donors (Lipinski definition) is 4. The molecule has 2 aliphatic carbocycles. The number of methoxy groups -OCH3 is 2. The van der Waals surface area contributed by atoms with Crippen molar-refractivity contribution in [3.63, 3.8) is 0 Å². The van der Waals surface area contributed by atoms with Gasteiger partial charge in [0.1, 0.15) is 23.7 Å². The number of ether oxygens (including phenoxy) is 2. The number of aromatic nitrogens is 4. The lowest BCUT2D eigenvalue weighted by atomic mass is 9.82. The number of aromatic amines is 2. The van der Waals surface area contributed by atoms with E-state index >= 15 is 0 Å². The number of benzene rings is 5. The summed E-state index contributed by atoms with van der Waals surface area (Å²) in [6.45, 7) is 0.998. The number of likely N-dealkylation sites (tertiary alicyclic amines) is 2. The van der Waals surface area contributed by atoms with E-state index < -0.39 is 30.3 Å². The van der Waals surface area contributed by atoms with Gasteiger partial charge in [0.15, 0.2) is 0 Å². The van der Waals surface area contributed by atoms with Crippen molar-refractivity contribution in [2.45, 2.75) is 88.4 Å². The molecule has 4 amide bonds. The van der Waals surface area contributed by atoms with E-state index in [0.717, 1.165) is 60.1 Å². The first kappa shape index (κ1) is 47.3. The van der Waals surface area contributed by atoms with E-state index in [-0.39, 0.29) is 28.8 Å². The van der Waals surface area contributed by atoms with Crippen molar-refractivity contribution in [3.8, 4) is 33.5 Å². The standard InChI is InChI=1S/C58H58N8O7/c1-72-56(70)62-49(37-13-5-3-6-14-37)54(68)65-29-11-17-47(65)51-59-34-46(61-51)36-21-19-35(20-22-36)40-24-25-41(44-33-58(32-43(40)44)27-9-10-28-58)39-23-26-45-42(31-39)53(67)64-52(60-45)48-18-12-30-66(48)55(69)50(63-57(71)73-2)38-15-7-4-8-16-38/h3-8,13-16,19-26,31,34,47-50H,9-12,17-18,27-30,32-33H2,1-2H3,(H,59,61)(H,62,70)(H,63,71)(H,60,64,67)/t47-,48-,49?,50-/m0/s1. The second-order valence-electron chi connectivity index (χ2n) is 20.0. The average molecular weight is 979 g/mol. The summed E-state index contributed by atoms with van der Waals surface area (Å²) in [5, 5.41) is 5.92. The zero-order chi connectivity index (χ0) is 50.2. The zero-order valence-corrected chi connectivity index (χ0v) is 41.0. The van der Waals surface area contributed by atoms with Gasteiger partial charge in [0, 0.05) is 13.1 Å². The predicted octanol–water partition coefficient (Wildman–Crippen LogP) is 9.83. The summed E-state index contributed by atoms with van der Waals surface area (Å²) < 4.78 is 9.74. The molecule has 4 heterocycles. The van der Waals surface area contributed by atoms with E-state index in [9.17, 15) is 24.0 Å². The minimum Gasteiger partial charge on any atom is -0.453 e. The zero-order valence-electron chi connectivity index (χ0n) is 41.0. The van der Waals surface area contributed by atoms with Crippen LogP contribution in [0.3, 0.4) is 0 Å². The third kappa shape index (κ3) is 9.12. The van der Waals surface area contributed by atoms with Gasteiger partial charge in [0.05, 0.1) is 49.1 Å². The topological polar surface area (TPSA) is 192 Å². The van der Waals surface area contributed by atoms with Gasteiger partial charge in [0.2, 0.25) is 0 Å². The van der Waals surface area contributed by atoms with Gasteiger partial charge in [-0.25, -0.2) is 19.6 Å². The van der Waals surface area contributed by atoms with Gasteiger partial charge >= 0.3 is 12.2 Å². The Balaban J connectivity index is 0.848. The first-order chi connectivity index (χ1) is 35.6. The summed E-state index contributed by atoms with van der Waals surface area (Å²) in [6.07, 6.45) is 10.1. The van der Waals surface area contributed by atoms with Crippen molar-refractivity contribution in [2.75, 3.05) is 27.3 Å². The van der Waals surface area contributed by atoms with Crippen molar-refractivity contribution >= 4 is 34.9 Å². The minimum absolute atomic E-state index is 0.215. The number of imidazole rings is 1. The third-order valence-electron chi connectivity index (χ3n) is 15.7. The first-order valence-electron chi connectivity index (χ1n) is 25.3. The highest BCUT2D eigenvalue weighted by atomic mass is 16.5. The average Bonchev–Trinajstić information content (AvgIpc) is 4.31. The largest absolute Gasteiger partial charge is 0.453 e. The molecule has 2 saturated heterocycles. The number of nitrogens with one attached hydrogen (secondary N) is 4. The van der Waals surface area contributed by atoms with Crippen LogP contribution in [-0.4, -0.2) is 81.0 Å². The first-order valence-corrected chi connectivity index (χ1v) is 25.3. The molecule has 4 N–H and O–H groups in total. The van der Waals surface area contributed by atoms with Gasteiger partial charge in [0.25, 0.3) is 17.4 Å². The normalized spacial score (nSPS) is 18.7. The highest BCUT2D eigenvalue weighted by molar-refractivity contribution is 5.89. The Morgan fingerprint density at radius 3 is 1.71 bits per heavy atom. The maximum atomic E-state index is 14.2. The molecule has 1 saturated carbocycles. The summed E-state index contributed by atoms with van der Waals surface area (Å²) in [5.41, 5.74) is 10.8. The summed E-state index contributed by atoms with van der Waals surface area (Å²) in [5.74, 6) is 0.608. The maximum absolute atomic E-state index is 14.2. The number of carbonyl (C=O) groups is 4. The highest BCUT2D eigenvalue weighted by Gasteiger charge is 2.42. The van der Waals surface area contributed by atoms with Crippen molar-refractivity contribution in [1.82, 2.24) is 40.4 Å². The lowest BCUT2D eigenvalue weighted by Crippen LogP contribution is -2.43. The van der Waals surface area contributed by atoms with Crippen LogP contribution in [0, 0.1) is 5.41 Å². The Morgan fingerprint density at radius 2 is 1.15 bits per heavy atom. The van der Waals surface area contributed by atoms with Gasteiger partial charge in [-0.05, 0) is 119 Å². The quantitative estimate of drug-likeness (QED) is 0.0977. The fourth-order valence-corrected chi connectivity index (χ4v) is 12.1. The van der Waals surface area contributed by atoms with E-state index in [2.05, 4.69) is 63.1 Å². The van der Waals surface area contributed by atoms with E-state index in [1.807, 2.05) is 66.9 Å². The summed E-state index contributed by atoms with van der Waals surface area (Å²) in [7, 11) is 2.55. The number of H-pyrrole nitrogens is 2. The van der Waals surface area contributed by atoms with Crippen LogP contribution in [0.1, 0.15) is 109 Å². The Morgan fingerprint density at radius 1 is 0.630 bits per heavy atom. The van der Waals surface area contributed by atoms with Crippen LogP contribution >= 0.6 is 0 Å². The van der Waals surface area contributed by atoms with Crippen LogP contribution in [0.25, 0.3) is 44.4 Å². The molecule has 15 heteroatoms. The Bertz CT molecular complexity index is 3280. The molecule has 73 heavy (non-hydrogen) atoms. The SMILES string of the molecule is COC(=O)NC(C(=O)N1CCC[C@H]1c1ncc(-c2ccc(-c3ccc(-c4ccc5nc([C@@H]6CCCN6C(=O)[C@@H](NC(=O)OC)c6ccccc6)[nH]c(=O)c5c4)c4c3CC3(CCCC3)C4)cc2)[nH]1)c1ccccc1. The number of carbonyl (C=O) groups excluding carboxylic acids is 4. The number of alkyl carbamates (subject to hydrolysis) is 2. The van der Waals surface area contributed by atoms with Crippen LogP contribution in [0.2, 0.25) is 0 Å². The van der Waals surface area contributed by atoms with Crippen molar-refractivity contribution in [2.24, 2.45) is 5.41 Å². The molecular weight excluding hydrogens is 921 g/mol. The number of nitrogens with zero attached hydrogens (tertiary/aromatic N) is 4. The fraction of sp³-hybridized carbons (Fsp3) is 0.328. The summed E-state index contributed by atoms with van der Waals surface area (Å²) in [4.78, 5) is 86.9. The lowest BCUT2D eigenvalue weighted by molar-refractivity contribution is -0.135. The molecule has 2 aromatic heterocycles. The summed E-state index contributed by atoms with van der Waals surface area (Å²) in [6, 6.07) is 34.6. The van der Waals surface area contributed by atoms with Gasteiger partial charge < -0.3 is 39.9 Å². The second kappa shape index (κ2) is 19.9. The molecule has 1 spiro atoms. The number of rotatable bonds is 11. The number of amides is 4. The molecule has 11 rings (SSSR count). The van der Waals surface area contributed by atoms with E-state index in [1.165, 1.54) is 56.6 Å². The molecule has 0 bridgehead atoms. The number of fused-ring (bicyclic) bond motifs is 2. The third-order valence-corrected chi connectivity index (χ3v) is 15.7. The molecule has 0 radical (unpaired) electrons.